The van der Waals surface area contributed by atoms with Crippen molar-refractivity contribution in [1.82, 2.24) is 0 Å². The number of carboxylic acid groups (broad SMARTS) is 2. The maximum Gasteiger partial charge on any atom is 0.338 e. The minimum Gasteiger partial charge on any atom is -0.505 e. The predicted molar refractivity (Wildman–Crippen MR) is 166 cm³/mol. The number of rotatable bonds is 10. The lowest BCUT2D eigenvalue weighted by atomic mass is 10.0. The summed E-state index contributed by atoms with van der Waals surface area (Å²) in [4.78, 5) is 44.5. The maximum atomic E-state index is 12.2. The van der Waals surface area contributed by atoms with E-state index in [1.807, 2.05) is 0 Å². The SMILES string of the molecule is O=C1C=C(O)/C(=N\Nc2ccc(C=Cc3ccc(N/N=C4\C(O)=CC(=O)C=C4C(=O)O)cc3S(=O)(=O)O)c(S(=O)(=O)O)c2)C(C(=O)O)=C1. The standard InChI is InChI=1S/C28H20N4O14S2/c33-17-9-19(27(37)38)25(21(35)11-17)31-29-15-5-3-13(23(7-15)47(41,42)43)1-2-14-4-6-16(8-24(14)48(44,45)46)30-32-26-20(28(39)40)10-18(34)12-22(26)36/h1-12,29-30,35-36H,(H,37,38)(H,39,40)(H,41,42,43)(H,44,45,46)/b2-1?,31-25-,32-26-. The Morgan fingerprint density at radius 1 is 0.625 bits per heavy atom. The van der Waals surface area contributed by atoms with Gasteiger partial charge in [-0.1, -0.05) is 24.3 Å². The number of aliphatic hydroxyl groups is 2. The number of anilines is 2. The van der Waals surface area contributed by atoms with Crippen LogP contribution in [0.3, 0.4) is 0 Å². The summed E-state index contributed by atoms with van der Waals surface area (Å²) in [5.74, 6) is -6.37. The van der Waals surface area contributed by atoms with E-state index in [0.29, 0.717) is 24.3 Å². The molecule has 0 fully saturated rings. The molecule has 18 nitrogen and oxygen atoms in total. The lowest BCUT2D eigenvalue weighted by Gasteiger charge is -2.12. The monoisotopic (exact) mass is 700 g/mol. The Kier molecular flexibility index (Phi) is 9.57. The van der Waals surface area contributed by atoms with E-state index in [2.05, 4.69) is 21.1 Å². The van der Waals surface area contributed by atoms with Gasteiger partial charge >= 0.3 is 11.9 Å². The van der Waals surface area contributed by atoms with E-state index >= 15 is 0 Å². The highest BCUT2D eigenvalue weighted by Crippen LogP contribution is 2.27. The van der Waals surface area contributed by atoms with E-state index in [4.69, 9.17) is 0 Å². The molecule has 0 aliphatic heterocycles. The molecule has 0 amide bonds. The van der Waals surface area contributed by atoms with Crippen molar-refractivity contribution in [2.75, 3.05) is 10.9 Å². The number of benzene rings is 2. The van der Waals surface area contributed by atoms with Gasteiger partial charge in [0.25, 0.3) is 20.2 Å². The van der Waals surface area contributed by atoms with Gasteiger partial charge in [-0.05, 0) is 35.4 Å². The Hall–Kier alpha value is -6.22. The highest BCUT2D eigenvalue weighted by atomic mass is 32.2. The first-order chi connectivity index (χ1) is 22.3. The molecule has 48 heavy (non-hydrogen) atoms. The molecular weight excluding hydrogens is 680 g/mol. The van der Waals surface area contributed by atoms with E-state index in [1.54, 1.807) is 0 Å². The van der Waals surface area contributed by atoms with Gasteiger partial charge in [0.2, 0.25) is 0 Å². The number of aliphatic hydroxyl groups excluding tert-OH is 2. The number of carbonyl (C=O) groups excluding carboxylic acids is 2. The molecule has 0 atom stereocenters. The Balaban J connectivity index is 1.67. The molecule has 2 aliphatic carbocycles. The van der Waals surface area contributed by atoms with Crippen molar-refractivity contribution in [3.8, 4) is 0 Å². The molecule has 0 aromatic heterocycles. The molecular formula is C28H20N4O14S2. The van der Waals surface area contributed by atoms with Crippen LogP contribution in [0.4, 0.5) is 11.4 Å². The van der Waals surface area contributed by atoms with Gasteiger partial charge in [0, 0.05) is 24.3 Å². The zero-order valence-corrected chi connectivity index (χ0v) is 25.2. The molecule has 0 saturated heterocycles. The zero-order chi connectivity index (χ0) is 35.6. The van der Waals surface area contributed by atoms with Crippen LogP contribution < -0.4 is 10.9 Å². The number of carboxylic acids is 2. The Morgan fingerprint density at radius 2 is 0.979 bits per heavy atom. The van der Waals surface area contributed by atoms with Crippen LogP contribution >= 0.6 is 0 Å². The van der Waals surface area contributed by atoms with Crippen molar-refractivity contribution in [2.45, 2.75) is 9.79 Å². The summed E-state index contributed by atoms with van der Waals surface area (Å²) in [5, 5.41) is 46.0. The maximum absolute atomic E-state index is 12.2. The van der Waals surface area contributed by atoms with Crippen LogP contribution in [0.5, 0.6) is 0 Å². The van der Waals surface area contributed by atoms with Crippen LogP contribution in [0.1, 0.15) is 11.1 Å². The van der Waals surface area contributed by atoms with Crippen molar-refractivity contribution in [3.05, 3.63) is 94.5 Å². The van der Waals surface area contributed by atoms with E-state index in [1.165, 1.54) is 12.1 Å². The topological polar surface area (TPSA) is 307 Å². The van der Waals surface area contributed by atoms with Crippen molar-refractivity contribution < 1.29 is 65.5 Å². The van der Waals surface area contributed by atoms with Crippen molar-refractivity contribution in [1.29, 1.82) is 0 Å². The van der Waals surface area contributed by atoms with E-state index in [-0.39, 0.29) is 22.5 Å². The molecule has 0 saturated carbocycles. The minimum atomic E-state index is -4.96. The molecule has 2 aromatic rings. The average Bonchev–Trinajstić information content (AvgIpc) is 2.97. The van der Waals surface area contributed by atoms with Gasteiger partial charge in [0.1, 0.15) is 32.7 Å². The molecule has 0 spiro atoms. The van der Waals surface area contributed by atoms with Gasteiger partial charge in [-0.3, -0.25) is 29.5 Å². The molecule has 8 N–H and O–H groups in total. The van der Waals surface area contributed by atoms with Gasteiger partial charge in [-0.15, -0.1) is 0 Å². The Bertz CT molecular complexity index is 2090. The lowest BCUT2D eigenvalue weighted by molar-refractivity contribution is -0.133. The summed E-state index contributed by atoms with van der Waals surface area (Å²) in [5.41, 5.74) is 1.52. The Morgan fingerprint density at radius 3 is 1.29 bits per heavy atom. The number of ketones is 2. The summed E-state index contributed by atoms with van der Waals surface area (Å²) in [6.45, 7) is 0. The van der Waals surface area contributed by atoms with E-state index < -0.39 is 87.6 Å². The third-order valence-corrected chi connectivity index (χ3v) is 8.03. The van der Waals surface area contributed by atoms with Crippen LogP contribution in [0, 0.1) is 0 Å². The first-order valence-corrected chi connectivity index (χ1v) is 15.6. The number of hydrazone groups is 2. The van der Waals surface area contributed by atoms with Gasteiger partial charge in [0.05, 0.1) is 22.5 Å². The second-order valence-electron chi connectivity index (χ2n) is 9.52. The fraction of sp³-hybridized carbons (Fsp3) is 0. The van der Waals surface area contributed by atoms with Crippen LogP contribution in [-0.2, 0) is 39.4 Å². The fourth-order valence-electron chi connectivity index (χ4n) is 4.10. The second kappa shape index (κ2) is 13.3. The summed E-state index contributed by atoms with van der Waals surface area (Å²) >= 11 is 0. The third-order valence-electron chi connectivity index (χ3n) is 6.21. The number of allylic oxidation sites excluding steroid dienone is 6. The minimum absolute atomic E-state index is 0.138. The van der Waals surface area contributed by atoms with E-state index in [9.17, 15) is 65.5 Å². The third kappa shape index (κ3) is 7.94. The number of hydrogen-bond donors (Lipinski definition) is 8. The Labute approximate surface area is 269 Å². The molecule has 2 aromatic carbocycles. The average molecular weight is 701 g/mol. The summed E-state index contributed by atoms with van der Waals surface area (Å²) < 4.78 is 68.4. The normalized spacial score (nSPS) is 17.1. The highest BCUT2D eigenvalue weighted by Gasteiger charge is 2.26. The highest BCUT2D eigenvalue weighted by molar-refractivity contribution is 7.86. The molecule has 2 aliphatic rings. The predicted octanol–water partition coefficient (Wildman–Crippen LogP) is 1.96. The van der Waals surface area contributed by atoms with Crippen molar-refractivity contribution in [2.24, 2.45) is 10.2 Å². The number of aliphatic carboxylic acids is 2. The summed E-state index contributed by atoms with van der Waals surface area (Å²) in [6, 6.07) is 6.45. The van der Waals surface area contributed by atoms with Crippen molar-refractivity contribution in [3.63, 3.8) is 0 Å². The molecule has 0 heterocycles. The van der Waals surface area contributed by atoms with Gasteiger partial charge in [-0.2, -0.15) is 27.0 Å². The molecule has 0 unspecified atom stereocenters. The quantitative estimate of drug-likeness (QED) is 0.0760. The number of carbonyl (C=O) groups is 4. The fourth-order valence-corrected chi connectivity index (χ4v) is 5.52. The number of hydrogen-bond acceptors (Lipinski definition) is 14. The number of nitrogens with zero attached hydrogens (tertiary/aromatic N) is 2. The molecule has 4 rings (SSSR count). The van der Waals surface area contributed by atoms with Gasteiger partial charge < -0.3 is 20.4 Å². The zero-order valence-electron chi connectivity index (χ0n) is 23.6. The largest absolute Gasteiger partial charge is 0.505 e. The first-order valence-electron chi connectivity index (χ1n) is 12.7. The van der Waals surface area contributed by atoms with E-state index in [0.717, 1.165) is 36.4 Å². The molecule has 0 radical (unpaired) electrons. The second-order valence-corrected chi connectivity index (χ2v) is 12.3. The molecule has 0 bridgehead atoms. The van der Waals surface area contributed by atoms with Crippen LogP contribution in [-0.4, -0.2) is 81.3 Å². The van der Waals surface area contributed by atoms with Crippen molar-refractivity contribution >= 4 is 78.7 Å². The van der Waals surface area contributed by atoms with Crippen LogP contribution in [0.2, 0.25) is 0 Å². The first kappa shape index (κ1) is 34.6. The van der Waals surface area contributed by atoms with Crippen LogP contribution in [0.15, 0.2) is 103 Å². The lowest BCUT2D eigenvalue weighted by Crippen LogP contribution is -2.21. The van der Waals surface area contributed by atoms with Crippen LogP contribution in [0.25, 0.3) is 12.2 Å². The van der Waals surface area contributed by atoms with Gasteiger partial charge in [-0.25, -0.2) is 9.59 Å². The van der Waals surface area contributed by atoms with Gasteiger partial charge in [0.15, 0.2) is 11.6 Å². The summed E-state index contributed by atoms with van der Waals surface area (Å²) in [6.07, 6.45) is 4.94. The summed E-state index contributed by atoms with van der Waals surface area (Å²) in [7, 11) is -9.93. The number of nitrogens with one attached hydrogen (secondary N) is 2. The molecule has 20 heteroatoms. The molecule has 248 valence electrons. The smallest absolute Gasteiger partial charge is 0.338 e.